The third-order valence-corrected chi connectivity index (χ3v) is 9.63. The first-order chi connectivity index (χ1) is 14.0. The van der Waals surface area contributed by atoms with Crippen LogP contribution in [0.15, 0.2) is 17.0 Å². The molecular formula is C21H28ClFN2O4S. The highest BCUT2D eigenvalue weighted by molar-refractivity contribution is 7.89. The molecule has 2 bridgehead atoms. The van der Waals surface area contributed by atoms with Gasteiger partial charge in [0.05, 0.1) is 23.8 Å². The fourth-order valence-corrected chi connectivity index (χ4v) is 7.41. The van der Waals surface area contributed by atoms with Crippen LogP contribution in [0.1, 0.15) is 50.4 Å². The number of halogens is 2. The van der Waals surface area contributed by atoms with Gasteiger partial charge in [-0.25, -0.2) is 12.8 Å². The molecule has 1 amide bonds. The normalized spacial score (nSPS) is 31.1. The molecule has 0 radical (unpaired) electrons. The number of carbonyl (C=O) groups is 1. The molecular weight excluding hydrogens is 431 g/mol. The zero-order valence-corrected chi connectivity index (χ0v) is 19.1. The molecule has 1 saturated heterocycles. The van der Waals surface area contributed by atoms with E-state index in [1.165, 1.54) is 4.31 Å². The van der Waals surface area contributed by atoms with E-state index < -0.39 is 26.6 Å². The van der Waals surface area contributed by atoms with Crippen LogP contribution in [-0.2, 0) is 14.8 Å². The molecule has 3 atom stereocenters. The summed E-state index contributed by atoms with van der Waals surface area (Å²) in [6, 6.07) is 1.93. The number of benzene rings is 1. The molecule has 1 aromatic carbocycles. The number of nitrogens with zero attached hydrogens (tertiary/aromatic N) is 1. The van der Waals surface area contributed by atoms with Crippen LogP contribution in [-0.4, -0.2) is 51.0 Å². The molecule has 2 saturated carbocycles. The number of sulfonamides is 1. The zero-order chi connectivity index (χ0) is 21.9. The highest BCUT2D eigenvalue weighted by atomic mass is 35.5. The first-order valence-corrected chi connectivity index (χ1v) is 12.2. The van der Waals surface area contributed by atoms with Crippen molar-refractivity contribution in [3.63, 3.8) is 0 Å². The van der Waals surface area contributed by atoms with Crippen molar-refractivity contribution in [1.29, 1.82) is 0 Å². The minimum absolute atomic E-state index is 0.000952. The smallest absolute Gasteiger partial charge is 0.253 e. The molecule has 1 N–H and O–H groups in total. The second kappa shape index (κ2) is 7.43. The van der Waals surface area contributed by atoms with Crippen molar-refractivity contribution in [1.82, 2.24) is 9.62 Å². The van der Waals surface area contributed by atoms with Crippen LogP contribution in [0.5, 0.6) is 0 Å². The molecule has 1 aliphatic heterocycles. The SMILES string of the molecule is CC1(C)C(NC(=O)c2cc(S(=O)(=O)N3CCOCC3)c(F)cc2Cl)[C@@]2(C)CC[C@@H]1C2. The number of fused-ring (bicyclic) bond motifs is 2. The van der Waals surface area contributed by atoms with Crippen LogP contribution < -0.4 is 5.32 Å². The number of hydrogen-bond acceptors (Lipinski definition) is 4. The molecule has 1 heterocycles. The van der Waals surface area contributed by atoms with Gasteiger partial charge >= 0.3 is 0 Å². The Labute approximate surface area is 182 Å². The standard InChI is InChI=1S/C21H28ClFN2O4S/c1-20(2)13-4-5-21(3,12-13)19(20)24-18(26)14-10-17(16(23)11-15(14)22)30(27,28)25-6-8-29-9-7-25/h10-11,13,19H,4-9,12H2,1-3H3,(H,24,26)/t13-,19?,21+/m1/s1. The fourth-order valence-electron chi connectivity index (χ4n) is 5.70. The summed E-state index contributed by atoms with van der Waals surface area (Å²) in [5.74, 6) is -0.894. The van der Waals surface area contributed by atoms with Crippen LogP contribution in [0.4, 0.5) is 4.39 Å². The number of hydrogen-bond donors (Lipinski definition) is 1. The fraction of sp³-hybridized carbons (Fsp3) is 0.667. The van der Waals surface area contributed by atoms with Crippen LogP contribution in [0.2, 0.25) is 5.02 Å². The Morgan fingerprint density at radius 3 is 2.53 bits per heavy atom. The minimum atomic E-state index is -4.10. The average Bonchev–Trinajstić information content (AvgIpc) is 3.16. The third kappa shape index (κ3) is 3.45. The first kappa shape index (κ1) is 22.0. The lowest BCUT2D eigenvalue weighted by Crippen LogP contribution is -2.52. The molecule has 1 unspecified atom stereocenters. The highest BCUT2D eigenvalue weighted by Gasteiger charge is 2.59. The van der Waals surface area contributed by atoms with E-state index in [4.69, 9.17) is 16.3 Å². The molecule has 3 fully saturated rings. The molecule has 6 nitrogen and oxygen atoms in total. The minimum Gasteiger partial charge on any atom is -0.379 e. The van der Waals surface area contributed by atoms with Crippen molar-refractivity contribution in [2.45, 2.75) is 51.0 Å². The molecule has 0 aromatic heterocycles. The Morgan fingerprint density at radius 2 is 1.93 bits per heavy atom. The summed E-state index contributed by atoms with van der Waals surface area (Å²) in [6.45, 7) is 7.29. The van der Waals surface area contributed by atoms with Crippen molar-refractivity contribution in [3.8, 4) is 0 Å². The summed E-state index contributed by atoms with van der Waals surface area (Å²) in [6.07, 6.45) is 3.24. The monoisotopic (exact) mass is 458 g/mol. The maximum atomic E-state index is 14.6. The van der Waals surface area contributed by atoms with Crippen LogP contribution in [0.3, 0.4) is 0 Å². The van der Waals surface area contributed by atoms with Gasteiger partial charge in [0.25, 0.3) is 5.91 Å². The van der Waals surface area contributed by atoms with Crippen molar-refractivity contribution in [2.24, 2.45) is 16.7 Å². The maximum Gasteiger partial charge on any atom is 0.253 e. The molecule has 30 heavy (non-hydrogen) atoms. The molecule has 3 aliphatic rings. The molecule has 1 aromatic rings. The lowest BCUT2D eigenvalue weighted by atomic mass is 9.68. The Hall–Kier alpha value is -1.22. The topological polar surface area (TPSA) is 75.7 Å². The van der Waals surface area contributed by atoms with Crippen molar-refractivity contribution in [2.75, 3.05) is 26.3 Å². The van der Waals surface area contributed by atoms with Gasteiger partial charge in [0.2, 0.25) is 10.0 Å². The van der Waals surface area contributed by atoms with Gasteiger partial charge in [-0.05, 0) is 48.1 Å². The van der Waals surface area contributed by atoms with E-state index in [-0.39, 0.29) is 53.8 Å². The molecule has 2 aliphatic carbocycles. The molecule has 4 rings (SSSR count). The van der Waals surface area contributed by atoms with E-state index in [2.05, 4.69) is 26.1 Å². The third-order valence-electron chi connectivity index (χ3n) is 7.40. The second-order valence-electron chi connectivity index (χ2n) is 9.60. The van der Waals surface area contributed by atoms with E-state index in [0.717, 1.165) is 31.4 Å². The van der Waals surface area contributed by atoms with Gasteiger partial charge in [-0.3, -0.25) is 4.79 Å². The molecule has 0 spiro atoms. The number of carbonyl (C=O) groups excluding carboxylic acids is 1. The van der Waals surface area contributed by atoms with Gasteiger partial charge in [-0.1, -0.05) is 32.4 Å². The summed E-state index contributed by atoms with van der Waals surface area (Å²) in [5, 5.41) is 3.00. The van der Waals surface area contributed by atoms with Crippen molar-refractivity contribution < 1.29 is 22.3 Å². The summed E-state index contributed by atoms with van der Waals surface area (Å²) in [7, 11) is -4.10. The van der Waals surface area contributed by atoms with Crippen molar-refractivity contribution in [3.05, 3.63) is 28.5 Å². The quantitative estimate of drug-likeness (QED) is 0.749. The van der Waals surface area contributed by atoms with Gasteiger partial charge in [0.1, 0.15) is 10.7 Å². The van der Waals surface area contributed by atoms with E-state index >= 15 is 0 Å². The van der Waals surface area contributed by atoms with E-state index in [9.17, 15) is 17.6 Å². The zero-order valence-electron chi connectivity index (χ0n) is 17.5. The predicted molar refractivity (Wildman–Crippen MR) is 111 cm³/mol. The van der Waals surface area contributed by atoms with Gasteiger partial charge in [-0.2, -0.15) is 4.31 Å². The van der Waals surface area contributed by atoms with E-state index in [1.807, 2.05) is 0 Å². The largest absolute Gasteiger partial charge is 0.379 e. The average molecular weight is 459 g/mol. The van der Waals surface area contributed by atoms with Crippen LogP contribution in [0, 0.1) is 22.6 Å². The van der Waals surface area contributed by atoms with E-state index in [0.29, 0.717) is 5.92 Å². The molecule has 9 heteroatoms. The van der Waals surface area contributed by atoms with Gasteiger partial charge in [0, 0.05) is 19.1 Å². The van der Waals surface area contributed by atoms with Crippen LogP contribution >= 0.6 is 11.6 Å². The number of ether oxygens (including phenoxy) is 1. The number of rotatable bonds is 4. The summed E-state index contributed by atoms with van der Waals surface area (Å²) < 4.78 is 46.9. The van der Waals surface area contributed by atoms with Crippen LogP contribution in [0.25, 0.3) is 0 Å². The summed E-state index contributed by atoms with van der Waals surface area (Å²) >= 11 is 6.17. The summed E-state index contributed by atoms with van der Waals surface area (Å²) in [5.41, 5.74) is -0.0937. The van der Waals surface area contributed by atoms with Gasteiger partial charge < -0.3 is 10.1 Å². The Balaban J connectivity index is 1.65. The summed E-state index contributed by atoms with van der Waals surface area (Å²) in [4.78, 5) is 12.6. The Morgan fingerprint density at radius 1 is 1.27 bits per heavy atom. The number of nitrogens with one attached hydrogen (secondary N) is 1. The molecule has 166 valence electrons. The number of amides is 1. The van der Waals surface area contributed by atoms with Crippen molar-refractivity contribution >= 4 is 27.5 Å². The predicted octanol–water partition coefficient (Wildman–Crippen LogP) is 3.44. The Bertz CT molecular complexity index is 973. The van der Waals surface area contributed by atoms with Gasteiger partial charge in [-0.15, -0.1) is 0 Å². The maximum absolute atomic E-state index is 14.6. The Kier molecular flexibility index (Phi) is 5.45. The van der Waals surface area contributed by atoms with E-state index in [1.54, 1.807) is 0 Å². The first-order valence-electron chi connectivity index (χ1n) is 10.3. The lowest BCUT2D eigenvalue weighted by molar-refractivity contribution is 0.0727. The highest BCUT2D eigenvalue weighted by Crippen LogP contribution is 2.62. The lowest BCUT2D eigenvalue weighted by Gasteiger charge is -2.43. The number of morpholine rings is 1. The second-order valence-corrected chi connectivity index (χ2v) is 11.9. The van der Waals surface area contributed by atoms with Gasteiger partial charge in [0.15, 0.2) is 0 Å².